The highest BCUT2D eigenvalue weighted by Gasteiger charge is 2.24. The molecule has 1 saturated heterocycles. The van der Waals surface area contributed by atoms with Crippen molar-refractivity contribution in [3.05, 3.63) is 93.4 Å². The third-order valence-corrected chi connectivity index (χ3v) is 5.98. The number of rotatable bonds is 3. The largest absolute Gasteiger partial charge is 0.336 e. The molecule has 0 radical (unpaired) electrons. The molecule has 0 atom stereocenters. The summed E-state index contributed by atoms with van der Waals surface area (Å²) in [5.41, 5.74) is 2.38. The van der Waals surface area contributed by atoms with Gasteiger partial charge in [0, 0.05) is 43.9 Å². The zero-order valence-corrected chi connectivity index (χ0v) is 17.6. The number of benzene rings is 2. The molecule has 156 valence electrons. The van der Waals surface area contributed by atoms with Gasteiger partial charge in [-0.05, 0) is 35.9 Å². The van der Waals surface area contributed by atoms with Crippen LogP contribution in [0.1, 0.15) is 15.9 Å². The van der Waals surface area contributed by atoms with E-state index in [4.69, 9.17) is 11.6 Å². The first-order valence-corrected chi connectivity index (χ1v) is 10.6. The molecule has 0 spiro atoms. The molecule has 31 heavy (non-hydrogen) atoms. The van der Waals surface area contributed by atoms with Crippen LogP contribution >= 0.6 is 11.6 Å². The number of halogens is 1. The molecule has 0 bridgehead atoms. The van der Waals surface area contributed by atoms with E-state index < -0.39 is 0 Å². The fourth-order valence-corrected chi connectivity index (χ4v) is 4.26. The summed E-state index contributed by atoms with van der Waals surface area (Å²) >= 11 is 6.05. The monoisotopic (exact) mass is 432 g/mol. The van der Waals surface area contributed by atoms with E-state index in [9.17, 15) is 9.59 Å². The number of hydrogen-bond donors (Lipinski definition) is 0. The summed E-state index contributed by atoms with van der Waals surface area (Å²) in [5.74, 6) is -0.0994. The Morgan fingerprint density at radius 1 is 0.968 bits per heavy atom. The van der Waals surface area contributed by atoms with Crippen LogP contribution in [0.15, 0.2) is 71.7 Å². The van der Waals surface area contributed by atoms with Gasteiger partial charge in [0.15, 0.2) is 5.65 Å². The van der Waals surface area contributed by atoms with Gasteiger partial charge in [-0.1, -0.05) is 41.9 Å². The van der Waals surface area contributed by atoms with E-state index in [-0.39, 0.29) is 11.5 Å². The van der Waals surface area contributed by atoms with Crippen molar-refractivity contribution < 1.29 is 4.79 Å². The third-order valence-electron chi connectivity index (χ3n) is 5.74. The highest BCUT2D eigenvalue weighted by molar-refractivity contribution is 6.31. The van der Waals surface area contributed by atoms with E-state index >= 15 is 0 Å². The van der Waals surface area contributed by atoms with E-state index in [0.29, 0.717) is 40.2 Å². The molecule has 1 aliphatic heterocycles. The van der Waals surface area contributed by atoms with Crippen molar-refractivity contribution in [2.45, 2.75) is 6.54 Å². The topological polar surface area (TPSA) is 57.9 Å². The number of amides is 1. The van der Waals surface area contributed by atoms with Gasteiger partial charge in [0.1, 0.15) is 0 Å². The molecule has 1 amide bonds. The van der Waals surface area contributed by atoms with Crippen LogP contribution in [0.2, 0.25) is 5.02 Å². The maximum absolute atomic E-state index is 13.3. The van der Waals surface area contributed by atoms with Gasteiger partial charge in [-0.2, -0.15) is 0 Å². The van der Waals surface area contributed by atoms with Crippen LogP contribution in [0, 0.1) is 0 Å². The lowest BCUT2D eigenvalue weighted by atomic mass is 10.1. The van der Waals surface area contributed by atoms with Crippen LogP contribution in [0.25, 0.3) is 16.6 Å². The second-order valence-corrected chi connectivity index (χ2v) is 8.18. The number of carbonyl (C=O) groups excluding carboxylic acids is 1. The zero-order chi connectivity index (χ0) is 21.4. The molecule has 2 aromatic carbocycles. The molecule has 7 heteroatoms. The highest BCUT2D eigenvalue weighted by atomic mass is 35.5. The Kier molecular flexibility index (Phi) is 5.18. The maximum Gasteiger partial charge on any atom is 0.265 e. The van der Waals surface area contributed by atoms with E-state index in [2.05, 4.69) is 22.0 Å². The predicted molar refractivity (Wildman–Crippen MR) is 122 cm³/mol. The van der Waals surface area contributed by atoms with Crippen LogP contribution < -0.4 is 5.56 Å². The minimum Gasteiger partial charge on any atom is -0.336 e. The minimum atomic E-state index is -0.232. The molecule has 0 saturated carbocycles. The summed E-state index contributed by atoms with van der Waals surface area (Å²) in [7, 11) is 0. The summed E-state index contributed by atoms with van der Waals surface area (Å²) in [5, 5.41) is 0.913. The fraction of sp³-hybridized carbons (Fsp3) is 0.208. The number of nitrogens with zero attached hydrogens (tertiary/aromatic N) is 4. The Bertz CT molecular complexity index is 1330. The summed E-state index contributed by atoms with van der Waals surface area (Å²) in [6.07, 6.45) is 1.64. The molecule has 0 aliphatic carbocycles. The molecule has 2 aromatic heterocycles. The first-order valence-electron chi connectivity index (χ1n) is 10.3. The Hall–Kier alpha value is -3.22. The van der Waals surface area contributed by atoms with Gasteiger partial charge in [0.2, 0.25) is 0 Å². The summed E-state index contributed by atoms with van der Waals surface area (Å²) < 4.78 is 1.43. The van der Waals surface area contributed by atoms with Crippen molar-refractivity contribution in [1.82, 2.24) is 19.2 Å². The van der Waals surface area contributed by atoms with E-state index in [1.165, 1.54) is 9.96 Å². The highest BCUT2D eigenvalue weighted by Crippen LogP contribution is 2.19. The number of piperazine rings is 1. The van der Waals surface area contributed by atoms with Crippen LogP contribution in [-0.4, -0.2) is 51.3 Å². The molecule has 3 heterocycles. The van der Waals surface area contributed by atoms with Crippen LogP contribution in [0.3, 0.4) is 0 Å². The second-order valence-electron chi connectivity index (χ2n) is 7.75. The summed E-state index contributed by atoms with van der Waals surface area (Å²) in [6.45, 7) is 3.77. The van der Waals surface area contributed by atoms with Crippen LogP contribution in [-0.2, 0) is 6.54 Å². The molecular formula is C24H21ClN4O2. The second kappa shape index (κ2) is 8.13. The fourth-order valence-electron chi connectivity index (χ4n) is 4.09. The van der Waals surface area contributed by atoms with Gasteiger partial charge in [0.05, 0.1) is 16.5 Å². The quantitative estimate of drug-likeness (QED) is 0.465. The molecule has 5 rings (SSSR count). The van der Waals surface area contributed by atoms with E-state index in [0.717, 1.165) is 19.6 Å². The SMILES string of the molecule is O=C(c1cccn2c(=O)c3cc(Cl)ccc3nc12)N1CCN(Cc2ccccc2)CC1. The van der Waals surface area contributed by atoms with Crippen molar-refractivity contribution in [1.29, 1.82) is 0 Å². The van der Waals surface area contributed by atoms with Crippen molar-refractivity contribution in [3.8, 4) is 0 Å². The van der Waals surface area contributed by atoms with Crippen LogP contribution in [0.4, 0.5) is 0 Å². The van der Waals surface area contributed by atoms with Crippen molar-refractivity contribution in [2.75, 3.05) is 26.2 Å². The molecule has 1 aliphatic rings. The number of aromatic nitrogens is 2. The molecular weight excluding hydrogens is 412 g/mol. The lowest BCUT2D eigenvalue weighted by Gasteiger charge is -2.34. The van der Waals surface area contributed by atoms with E-state index in [1.54, 1.807) is 36.5 Å². The van der Waals surface area contributed by atoms with Gasteiger partial charge < -0.3 is 4.90 Å². The van der Waals surface area contributed by atoms with Gasteiger partial charge >= 0.3 is 0 Å². The zero-order valence-electron chi connectivity index (χ0n) is 16.9. The minimum absolute atomic E-state index is 0.0994. The first kappa shape index (κ1) is 19.7. The average Bonchev–Trinajstić information content (AvgIpc) is 2.80. The maximum atomic E-state index is 13.3. The smallest absolute Gasteiger partial charge is 0.265 e. The van der Waals surface area contributed by atoms with E-state index in [1.807, 2.05) is 23.1 Å². The molecule has 1 fully saturated rings. The summed E-state index contributed by atoms with van der Waals surface area (Å²) in [4.78, 5) is 35.1. The predicted octanol–water partition coefficient (Wildman–Crippen LogP) is 3.46. The number of fused-ring (bicyclic) bond motifs is 2. The third kappa shape index (κ3) is 3.80. The number of pyridine rings is 1. The Balaban J connectivity index is 1.41. The Labute approximate surface area is 184 Å². The molecule has 6 nitrogen and oxygen atoms in total. The van der Waals surface area contributed by atoms with Gasteiger partial charge in [-0.15, -0.1) is 0 Å². The number of hydrogen-bond acceptors (Lipinski definition) is 4. The first-order chi connectivity index (χ1) is 15.1. The molecule has 0 N–H and O–H groups in total. The van der Waals surface area contributed by atoms with Gasteiger partial charge in [0.25, 0.3) is 11.5 Å². The lowest BCUT2D eigenvalue weighted by molar-refractivity contribution is 0.0629. The van der Waals surface area contributed by atoms with Crippen molar-refractivity contribution >= 4 is 34.1 Å². The van der Waals surface area contributed by atoms with Crippen molar-refractivity contribution in [3.63, 3.8) is 0 Å². The normalized spacial score (nSPS) is 14.9. The number of carbonyl (C=O) groups is 1. The molecule has 4 aromatic rings. The van der Waals surface area contributed by atoms with Gasteiger partial charge in [-0.25, -0.2) is 4.98 Å². The Morgan fingerprint density at radius 3 is 2.52 bits per heavy atom. The van der Waals surface area contributed by atoms with Crippen LogP contribution in [0.5, 0.6) is 0 Å². The van der Waals surface area contributed by atoms with Gasteiger partial charge in [-0.3, -0.25) is 18.9 Å². The Morgan fingerprint density at radius 2 is 1.74 bits per heavy atom. The molecule has 0 unspecified atom stereocenters. The summed E-state index contributed by atoms with van der Waals surface area (Å²) in [6, 6.07) is 18.8. The lowest BCUT2D eigenvalue weighted by Crippen LogP contribution is -2.48. The average molecular weight is 433 g/mol. The van der Waals surface area contributed by atoms with Crippen molar-refractivity contribution in [2.24, 2.45) is 0 Å². The standard InChI is InChI=1S/C24H21ClN4O2/c25-18-8-9-21-20(15-18)24(31)29-10-4-7-19(22(29)26-21)23(30)28-13-11-27(12-14-28)16-17-5-2-1-3-6-17/h1-10,15H,11-14,16H2.